The van der Waals surface area contributed by atoms with E-state index in [2.05, 4.69) is 15.1 Å². The van der Waals surface area contributed by atoms with Crippen molar-refractivity contribution < 1.29 is 4.39 Å². The fraction of sp³-hybridized carbons (Fsp3) is 0.650. The van der Waals surface area contributed by atoms with E-state index in [9.17, 15) is 4.39 Å². The van der Waals surface area contributed by atoms with Crippen LogP contribution < -0.4 is 5.32 Å². The van der Waals surface area contributed by atoms with Crippen molar-refractivity contribution in [3.63, 3.8) is 0 Å². The molecule has 2 aliphatic rings. The minimum atomic E-state index is -0.232. The fourth-order valence-electron chi connectivity index (χ4n) is 4.02. The molecule has 1 N–H and O–H groups in total. The Morgan fingerprint density at radius 2 is 1.84 bits per heavy atom. The van der Waals surface area contributed by atoms with E-state index >= 15 is 0 Å². The lowest BCUT2D eigenvalue weighted by molar-refractivity contribution is 0.195. The zero-order valence-corrected chi connectivity index (χ0v) is 15.9. The number of nitrogens with one attached hydrogen (secondary N) is 1. The van der Waals surface area contributed by atoms with Gasteiger partial charge in [0.2, 0.25) is 0 Å². The van der Waals surface area contributed by atoms with Crippen LogP contribution in [0.15, 0.2) is 24.3 Å². The molecular weight excluding hydrogens is 333 g/mol. The van der Waals surface area contributed by atoms with E-state index in [0.717, 1.165) is 17.3 Å². The van der Waals surface area contributed by atoms with E-state index < -0.39 is 0 Å². The summed E-state index contributed by atoms with van der Waals surface area (Å²) in [4.78, 5) is 4.96. The molecule has 3 nitrogen and oxygen atoms in total. The Hall–Kier alpha value is -1.20. The van der Waals surface area contributed by atoms with E-state index in [0.29, 0.717) is 6.04 Å². The largest absolute Gasteiger partial charge is 0.346 e. The molecule has 0 aliphatic carbocycles. The maximum Gasteiger partial charge on any atom is 0.173 e. The lowest BCUT2D eigenvalue weighted by Gasteiger charge is -2.38. The smallest absolute Gasteiger partial charge is 0.173 e. The Kier molecular flexibility index (Phi) is 7.05. The summed E-state index contributed by atoms with van der Waals surface area (Å²) in [6, 6.07) is 7.05. The SMILES string of the molecule is Fc1cccc(NC(=S)N2CCCCC2CCN2CCCCCC2)c1. The topological polar surface area (TPSA) is 18.5 Å². The molecule has 1 aromatic rings. The van der Waals surface area contributed by atoms with Crippen molar-refractivity contribution in [2.75, 3.05) is 31.5 Å². The molecule has 5 heteroatoms. The molecule has 2 saturated heterocycles. The predicted octanol–water partition coefficient (Wildman–Crippen LogP) is 4.64. The van der Waals surface area contributed by atoms with Crippen LogP contribution in [0.1, 0.15) is 51.4 Å². The molecule has 1 aromatic carbocycles. The molecular formula is C20H30FN3S. The fourth-order valence-corrected chi connectivity index (χ4v) is 4.38. The Balaban J connectivity index is 1.55. The number of likely N-dealkylation sites (tertiary alicyclic amines) is 2. The summed E-state index contributed by atoms with van der Waals surface area (Å²) in [7, 11) is 0. The number of thiocarbonyl (C=S) groups is 1. The number of benzene rings is 1. The van der Waals surface area contributed by atoms with Gasteiger partial charge in [0.05, 0.1) is 0 Å². The summed E-state index contributed by atoms with van der Waals surface area (Å²) in [5.74, 6) is -0.232. The Morgan fingerprint density at radius 3 is 2.60 bits per heavy atom. The van der Waals surface area contributed by atoms with E-state index in [-0.39, 0.29) is 5.82 Å². The van der Waals surface area contributed by atoms with E-state index in [1.165, 1.54) is 83.1 Å². The first kappa shape index (κ1) is 18.6. The van der Waals surface area contributed by atoms with Crippen LogP contribution in [0.25, 0.3) is 0 Å². The summed E-state index contributed by atoms with van der Waals surface area (Å²) >= 11 is 5.65. The van der Waals surface area contributed by atoms with Gasteiger partial charge in [0.25, 0.3) is 0 Å². The van der Waals surface area contributed by atoms with Gasteiger partial charge in [-0.3, -0.25) is 0 Å². The third-order valence-electron chi connectivity index (χ3n) is 5.44. The van der Waals surface area contributed by atoms with Crippen molar-refractivity contribution >= 4 is 23.0 Å². The van der Waals surface area contributed by atoms with Crippen molar-refractivity contribution in [3.8, 4) is 0 Å². The Morgan fingerprint density at radius 1 is 1.08 bits per heavy atom. The van der Waals surface area contributed by atoms with Crippen LogP contribution >= 0.6 is 12.2 Å². The maximum atomic E-state index is 13.4. The highest BCUT2D eigenvalue weighted by Gasteiger charge is 2.25. The second-order valence-corrected chi connectivity index (χ2v) is 7.71. The van der Waals surface area contributed by atoms with Crippen molar-refractivity contribution in [2.45, 2.75) is 57.4 Å². The molecule has 2 fully saturated rings. The third kappa shape index (κ3) is 5.65. The number of piperidine rings is 1. The van der Waals surface area contributed by atoms with Gasteiger partial charge in [-0.15, -0.1) is 0 Å². The van der Waals surface area contributed by atoms with Gasteiger partial charge in [-0.05, 0) is 82.0 Å². The third-order valence-corrected chi connectivity index (χ3v) is 5.78. The second-order valence-electron chi connectivity index (χ2n) is 7.33. The second kappa shape index (κ2) is 9.48. The molecule has 0 saturated carbocycles. The van der Waals surface area contributed by atoms with E-state index in [4.69, 9.17) is 12.2 Å². The average Bonchev–Trinajstić information content (AvgIpc) is 2.89. The summed E-state index contributed by atoms with van der Waals surface area (Å²) in [6.07, 6.45) is 10.3. The molecule has 0 spiro atoms. The normalized spacial score (nSPS) is 22.4. The van der Waals surface area contributed by atoms with Crippen LogP contribution in [-0.2, 0) is 0 Å². The first-order valence-corrected chi connectivity index (χ1v) is 10.2. The van der Waals surface area contributed by atoms with Gasteiger partial charge in [-0.1, -0.05) is 18.9 Å². The van der Waals surface area contributed by atoms with Gasteiger partial charge in [0.15, 0.2) is 5.11 Å². The van der Waals surface area contributed by atoms with Crippen LogP contribution in [0.3, 0.4) is 0 Å². The minimum absolute atomic E-state index is 0.232. The van der Waals surface area contributed by atoms with Crippen LogP contribution in [0.5, 0.6) is 0 Å². The number of hydrogen-bond donors (Lipinski definition) is 1. The molecule has 138 valence electrons. The standard InChI is InChI=1S/C20H30FN3S/c21-17-8-7-9-18(16-17)22-20(25)24-14-6-3-10-19(24)11-15-23-12-4-1-2-5-13-23/h7-9,16,19H,1-6,10-15H2,(H,22,25). The summed E-state index contributed by atoms with van der Waals surface area (Å²) in [5.41, 5.74) is 0.738. The predicted molar refractivity (Wildman–Crippen MR) is 106 cm³/mol. The van der Waals surface area contributed by atoms with Gasteiger partial charge in [-0.25, -0.2) is 4.39 Å². The summed E-state index contributed by atoms with van der Waals surface area (Å²) in [6.45, 7) is 4.67. The number of nitrogens with zero attached hydrogens (tertiary/aromatic N) is 2. The van der Waals surface area contributed by atoms with Crippen LogP contribution in [-0.4, -0.2) is 47.1 Å². The molecule has 0 bridgehead atoms. The Bertz CT molecular complexity index is 558. The Labute approximate surface area is 156 Å². The molecule has 0 aromatic heterocycles. The zero-order valence-electron chi connectivity index (χ0n) is 15.1. The maximum absolute atomic E-state index is 13.4. The molecule has 2 aliphatic heterocycles. The van der Waals surface area contributed by atoms with Gasteiger partial charge in [0, 0.05) is 24.8 Å². The molecule has 3 rings (SSSR count). The summed E-state index contributed by atoms with van der Waals surface area (Å²) in [5, 5.41) is 3.98. The van der Waals surface area contributed by atoms with Crippen molar-refractivity contribution in [1.29, 1.82) is 0 Å². The average molecular weight is 364 g/mol. The molecule has 25 heavy (non-hydrogen) atoms. The number of hydrogen-bond acceptors (Lipinski definition) is 2. The molecule has 0 radical (unpaired) electrons. The van der Waals surface area contributed by atoms with E-state index in [1.807, 2.05) is 6.07 Å². The monoisotopic (exact) mass is 363 g/mol. The zero-order chi connectivity index (χ0) is 17.5. The highest BCUT2D eigenvalue weighted by Crippen LogP contribution is 2.22. The first-order valence-electron chi connectivity index (χ1n) is 9.78. The lowest BCUT2D eigenvalue weighted by atomic mass is 9.99. The first-order chi connectivity index (χ1) is 12.2. The molecule has 0 amide bonds. The number of anilines is 1. The van der Waals surface area contributed by atoms with Crippen LogP contribution in [0.2, 0.25) is 0 Å². The summed E-state index contributed by atoms with van der Waals surface area (Å²) < 4.78 is 13.4. The highest BCUT2D eigenvalue weighted by atomic mass is 32.1. The minimum Gasteiger partial charge on any atom is -0.346 e. The number of halogens is 1. The van der Waals surface area contributed by atoms with Crippen LogP contribution in [0, 0.1) is 5.82 Å². The number of rotatable bonds is 4. The highest BCUT2D eigenvalue weighted by molar-refractivity contribution is 7.80. The van der Waals surface area contributed by atoms with E-state index in [1.54, 1.807) is 6.07 Å². The molecule has 1 unspecified atom stereocenters. The van der Waals surface area contributed by atoms with Gasteiger partial charge in [0.1, 0.15) is 5.82 Å². The van der Waals surface area contributed by atoms with Crippen molar-refractivity contribution in [3.05, 3.63) is 30.1 Å². The molecule has 1 atom stereocenters. The van der Waals surface area contributed by atoms with Crippen molar-refractivity contribution in [1.82, 2.24) is 9.80 Å². The quantitative estimate of drug-likeness (QED) is 0.785. The lowest BCUT2D eigenvalue weighted by Crippen LogP contribution is -2.47. The van der Waals surface area contributed by atoms with Crippen molar-refractivity contribution in [2.24, 2.45) is 0 Å². The molecule has 2 heterocycles. The van der Waals surface area contributed by atoms with Crippen LogP contribution in [0.4, 0.5) is 10.1 Å². The van der Waals surface area contributed by atoms with Gasteiger partial charge >= 0.3 is 0 Å². The van der Waals surface area contributed by atoms with Gasteiger partial charge in [-0.2, -0.15) is 0 Å². The van der Waals surface area contributed by atoms with Gasteiger partial charge < -0.3 is 15.1 Å².